The minimum absolute atomic E-state index is 0.127. The summed E-state index contributed by atoms with van der Waals surface area (Å²) in [4.78, 5) is 4.72. The number of sulfonamides is 1. The van der Waals surface area contributed by atoms with Crippen LogP contribution in [0.4, 0.5) is 4.39 Å². The van der Waals surface area contributed by atoms with Gasteiger partial charge in [0.05, 0.1) is 6.26 Å². The first-order chi connectivity index (χ1) is 11.4. The van der Waals surface area contributed by atoms with Crippen molar-refractivity contribution in [2.75, 3.05) is 19.3 Å². The lowest BCUT2D eigenvalue weighted by Crippen LogP contribution is -2.38. The smallest absolute Gasteiger partial charge is 0.211 e. The van der Waals surface area contributed by atoms with E-state index >= 15 is 0 Å². The van der Waals surface area contributed by atoms with Crippen molar-refractivity contribution < 1.29 is 12.8 Å². The molecule has 1 aromatic heterocycles. The third-order valence-corrected chi connectivity index (χ3v) is 5.67. The molecule has 4 nitrogen and oxygen atoms in total. The van der Waals surface area contributed by atoms with E-state index in [-0.39, 0.29) is 11.7 Å². The zero-order valence-electron chi connectivity index (χ0n) is 13.7. The minimum Gasteiger partial charge on any atom is -0.257 e. The lowest BCUT2D eigenvalue weighted by molar-refractivity contribution is 0.314. The number of halogens is 1. The summed E-state index contributed by atoms with van der Waals surface area (Å²) in [5.41, 5.74) is 2.85. The molecule has 2 heterocycles. The number of hydrogen-bond acceptors (Lipinski definition) is 3. The second kappa shape index (κ2) is 6.99. The lowest BCUT2D eigenvalue weighted by atomic mass is 9.95. The van der Waals surface area contributed by atoms with Crippen molar-refractivity contribution in [1.29, 1.82) is 0 Å². The Hall–Kier alpha value is -1.79. The van der Waals surface area contributed by atoms with Crippen LogP contribution in [0.5, 0.6) is 0 Å². The fourth-order valence-electron chi connectivity index (χ4n) is 3.12. The molecule has 1 atom stereocenters. The van der Waals surface area contributed by atoms with Crippen LogP contribution in [0.15, 0.2) is 42.5 Å². The van der Waals surface area contributed by atoms with E-state index in [1.807, 2.05) is 18.2 Å². The molecule has 1 aliphatic rings. The van der Waals surface area contributed by atoms with E-state index in [1.165, 1.54) is 22.7 Å². The summed E-state index contributed by atoms with van der Waals surface area (Å²) >= 11 is 0. The Morgan fingerprint density at radius 2 is 1.96 bits per heavy atom. The quantitative estimate of drug-likeness (QED) is 0.854. The Kier molecular flexibility index (Phi) is 4.96. The molecule has 0 bridgehead atoms. The maximum Gasteiger partial charge on any atom is 0.211 e. The first-order valence-electron chi connectivity index (χ1n) is 8.07. The van der Waals surface area contributed by atoms with Crippen molar-refractivity contribution in [3.63, 3.8) is 0 Å². The van der Waals surface area contributed by atoms with Gasteiger partial charge in [0.2, 0.25) is 10.0 Å². The van der Waals surface area contributed by atoms with Crippen LogP contribution in [-0.2, 0) is 16.4 Å². The highest BCUT2D eigenvalue weighted by Crippen LogP contribution is 2.27. The monoisotopic (exact) mass is 348 g/mol. The predicted molar refractivity (Wildman–Crippen MR) is 91.8 cm³/mol. The van der Waals surface area contributed by atoms with Crippen LogP contribution in [0.3, 0.4) is 0 Å². The van der Waals surface area contributed by atoms with E-state index in [0.717, 1.165) is 29.8 Å². The molecule has 0 radical (unpaired) electrons. The van der Waals surface area contributed by atoms with Gasteiger partial charge < -0.3 is 0 Å². The molecule has 6 heteroatoms. The van der Waals surface area contributed by atoms with E-state index < -0.39 is 10.0 Å². The molecule has 1 aliphatic heterocycles. The number of pyridine rings is 1. The van der Waals surface area contributed by atoms with Crippen LogP contribution < -0.4 is 0 Å². The van der Waals surface area contributed by atoms with Crippen LogP contribution in [0.1, 0.15) is 35.7 Å². The van der Waals surface area contributed by atoms with Crippen molar-refractivity contribution >= 4 is 10.0 Å². The van der Waals surface area contributed by atoms with Gasteiger partial charge in [-0.05, 0) is 42.7 Å². The fraction of sp³-hybridized carbons (Fsp3) is 0.389. The summed E-state index contributed by atoms with van der Waals surface area (Å²) in [6.07, 6.45) is 3.69. The Balaban J connectivity index is 1.76. The van der Waals surface area contributed by atoms with E-state index in [4.69, 9.17) is 4.98 Å². The second-order valence-electron chi connectivity index (χ2n) is 6.32. The van der Waals surface area contributed by atoms with Gasteiger partial charge in [-0.15, -0.1) is 0 Å². The topological polar surface area (TPSA) is 50.3 Å². The molecule has 0 spiro atoms. The molecule has 3 rings (SSSR count). The van der Waals surface area contributed by atoms with Gasteiger partial charge in [0.25, 0.3) is 0 Å². The molecular formula is C18H21FN2O2S. The van der Waals surface area contributed by atoms with E-state index in [2.05, 4.69) is 0 Å². The van der Waals surface area contributed by atoms with Gasteiger partial charge in [0.15, 0.2) is 0 Å². The maximum absolute atomic E-state index is 13.0. The molecule has 0 unspecified atom stereocenters. The molecule has 1 fully saturated rings. The minimum atomic E-state index is -3.16. The number of benzene rings is 1. The first-order valence-corrected chi connectivity index (χ1v) is 9.92. The third-order valence-electron chi connectivity index (χ3n) is 4.40. The number of rotatable bonds is 4. The van der Waals surface area contributed by atoms with Gasteiger partial charge in [-0.1, -0.05) is 18.2 Å². The van der Waals surface area contributed by atoms with E-state index in [0.29, 0.717) is 19.5 Å². The number of nitrogens with zero attached hydrogens (tertiary/aromatic N) is 2. The fourth-order valence-corrected chi connectivity index (χ4v) is 4.03. The van der Waals surface area contributed by atoms with Crippen molar-refractivity contribution in [3.05, 3.63) is 65.2 Å². The summed E-state index contributed by atoms with van der Waals surface area (Å²) in [6, 6.07) is 12.3. The normalized spacial score (nSPS) is 19.3. The predicted octanol–water partition coefficient (Wildman–Crippen LogP) is 2.95. The molecule has 0 N–H and O–H groups in total. The summed E-state index contributed by atoms with van der Waals surface area (Å²) in [6.45, 7) is 1.08. The highest BCUT2D eigenvalue weighted by atomic mass is 32.2. The zero-order valence-corrected chi connectivity index (χ0v) is 14.5. The SMILES string of the molecule is CS(=O)(=O)N1CCC[C@@H](c2cccc(Cc3ccc(F)cc3)n2)C1. The molecule has 0 saturated carbocycles. The highest BCUT2D eigenvalue weighted by molar-refractivity contribution is 7.88. The number of hydrogen-bond donors (Lipinski definition) is 0. The summed E-state index contributed by atoms with van der Waals surface area (Å²) in [7, 11) is -3.16. The molecule has 1 saturated heterocycles. The average Bonchev–Trinajstić information content (AvgIpc) is 2.57. The Morgan fingerprint density at radius 1 is 1.21 bits per heavy atom. The van der Waals surface area contributed by atoms with Crippen LogP contribution in [-0.4, -0.2) is 37.1 Å². The molecule has 2 aromatic rings. The molecule has 128 valence electrons. The molecule has 1 aromatic carbocycles. The molecule has 0 aliphatic carbocycles. The zero-order chi connectivity index (χ0) is 17.2. The third kappa shape index (κ3) is 4.19. The van der Waals surface area contributed by atoms with Gasteiger partial charge in [-0.2, -0.15) is 0 Å². The summed E-state index contributed by atoms with van der Waals surface area (Å²) in [5.74, 6) is -0.120. The van der Waals surface area contributed by atoms with Gasteiger partial charge in [-0.25, -0.2) is 17.1 Å². The lowest BCUT2D eigenvalue weighted by Gasteiger charge is -2.30. The van der Waals surface area contributed by atoms with Gasteiger partial charge >= 0.3 is 0 Å². The van der Waals surface area contributed by atoms with Crippen molar-refractivity contribution in [3.8, 4) is 0 Å². The van der Waals surface area contributed by atoms with E-state index in [9.17, 15) is 12.8 Å². The second-order valence-corrected chi connectivity index (χ2v) is 8.30. The number of piperidine rings is 1. The largest absolute Gasteiger partial charge is 0.257 e. The van der Waals surface area contributed by atoms with Crippen LogP contribution in [0.25, 0.3) is 0 Å². The van der Waals surface area contributed by atoms with Gasteiger partial charge in [-0.3, -0.25) is 4.98 Å². The van der Waals surface area contributed by atoms with Crippen LogP contribution >= 0.6 is 0 Å². The van der Waals surface area contributed by atoms with Gasteiger partial charge in [0, 0.05) is 36.8 Å². The van der Waals surface area contributed by atoms with Gasteiger partial charge in [0.1, 0.15) is 5.82 Å². The van der Waals surface area contributed by atoms with Crippen LogP contribution in [0, 0.1) is 5.82 Å². The van der Waals surface area contributed by atoms with Crippen LogP contribution in [0.2, 0.25) is 0 Å². The number of aromatic nitrogens is 1. The molecule has 0 amide bonds. The van der Waals surface area contributed by atoms with Crippen molar-refractivity contribution in [1.82, 2.24) is 9.29 Å². The average molecular weight is 348 g/mol. The summed E-state index contributed by atoms with van der Waals surface area (Å²) in [5, 5.41) is 0. The maximum atomic E-state index is 13.0. The first kappa shape index (κ1) is 17.0. The Morgan fingerprint density at radius 3 is 2.67 bits per heavy atom. The molecule has 24 heavy (non-hydrogen) atoms. The standard InChI is InChI=1S/C18H21FN2O2S/c1-24(22,23)21-11-3-4-15(13-21)18-6-2-5-17(20-18)12-14-7-9-16(19)10-8-14/h2,5-10,15H,3-4,11-13H2,1H3/t15-/m1/s1. The summed E-state index contributed by atoms with van der Waals surface area (Å²) < 4.78 is 38.1. The van der Waals surface area contributed by atoms with Crippen molar-refractivity contribution in [2.24, 2.45) is 0 Å². The Labute approximate surface area is 142 Å². The highest BCUT2D eigenvalue weighted by Gasteiger charge is 2.27. The van der Waals surface area contributed by atoms with Crippen molar-refractivity contribution in [2.45, 2.75) is 25.2 Å². The van der Waals surface area contributed by atoms with E-state index in [1.54, 1.807) is 12.1 Å². The Bertz CT molecular complexity index is 806. The molecular weight excluding hydrogens is 327 g/mol.